The number of carbonyl (C=O) groups is 1. The number of rotatable bonds is 7. The first kappa shape index (κ1) is 18.8. The Hall–Kier alpha value is -1.99. The number of carbonyl (C=O) groups excluding carboxylic acids is 1. The van der Waals surface area contributed by atoms with Gasteiger partial charge in [0.25, 0.3) is 5.91 Å². The van der Waals surface area contributed by atoms with Crippen molar-refractivity contribution in [2.45, 2.75) is 45.6 Å². The number of nitrogens with zero attached hydrogens (tertiary/aromatic N) is 2. The quantitative estimate of drug-likeness (QED) is 0.746. The highest BCUT2D eigenvalue weighted by Crippen LogP contribution is 2.35. The molecule has 0 atom stereocenters. The molecular weight excluding hydrogens is 350 g/mol. The van der Waals surface area contributed by atoms with Crippen molar-refractivity contribution in [3.8, 4) is 5.88 Å². The molecule has 1 aliphatic rings. The van der Waals surface area contributed by atoms with Gasteiger partial charge in [-0.1, -0.05) is 11.6 Å². The third kappa shape index (κ3) is 4.04. The molecule has 0 saturated carbocycles. The van der Waals surface area contributed by atoms with Crippen LogP contribution in [0.5, 0.6) is 5.88 Å². The maximum Gasteiger partial charge on any atom is 0.261 e. The molecule has 2 heterocycles. The molecule has 0 radical (unpaired) electrons. The second-order valence-corrected chi connectivity index (χ2v) is 7.43. The van der Waals surface area contributed by atoms with E-state index in [9.17, 15) is 4.79 Å². The van der Waals surface area contributed by atoms with Gasteiger partial charge < -0.3 is 14.8 Å². The van der Waals surface area contributed by atoms with Crippen molar-refractivity contribution in [2.24, 2.45) is 0 Å². The predicted molar refractivity (Wildman–Crippen MR) is 103 cm³/mol. The van der Waals surface area contributed by atoms with Gasteiger partial charge in [-0.25, -0.2) is 4.98 Å². The summed E-state index contributed by atoms with van der Waals surface area (Å²) in [7, 11) is 3.17. The van der Waals surface area contributed by atoms with Crippen molar-refractivity contribution in [1.29, 1.82) is 0 Å². The van der Waals surface area contributed by atoms with Crippen LogP contribution in [0.4, 0.5) is 0 Å². The molecule has 0 spiro atoms. The lowest BCUT2D eigenvalue weighted by molar-refractivity contribution is 0.0957. The molecule has 26 heavy (non-hydrogen) atoms. The number of ether oxygens (including phenoxy) is 2. The summed E-state index contributed by atoms with van der Waals surface area (Å²) >= 11 is 1.37. The Morgan fingerprint density at radius 1 is 1.31 bits per heavy atom. The Labute approximate surface area is 157 Å². The molecule has 1 aliphatic carbocycles. The van der Waals surface area contributed by atoms with Gasteiger partial charge in [0.05, 0.1) is 17.4 Å². The topological polar surface area (TPSA) is 73.3 Å². The van der Waals surface area contributed by atoms with E-state index in [2.05, 4.69) is 21.4 Å². The zero-order chi connectivity index (χ0) is 18.5. The zero-order valence-electron chi connectivity index (χ0n) is 15.6. The van der Waals surface area contributed by atoms with Crippen molar-refractivity contribution in [1.82, 2.24) is 15.3 Å². The molecule has 0 unspecified atom stereocenters. The molecule has 0 bridgehead atoms. The van der Waals surface area contributed by atoms with Gasteiger partial charge in [0.2, 0.25) is 5.88 Å². The molecule has 140 valence electrons. The Kier molecular flexibility index (Phi) is 6.21. The number of hydrogen-bond donors (Lipinski definition) is 1. The van der Waals surface area contributed by atoms with E-state index in [0.29, 0.717) is 29.7 Å². The van der Waals surface area contributed by atoms with Crippen LogP contribution in [0.15, 0.2) is 11.6 Å². The molecule has 0 fully saturated rings. The van der Waals surface area contributed by atoms with E-state index in [1.807, 2.05) is 6.92 Å². The molecule has 7 heteroatoms. The second kappa shape index (κ2) is 8.60. The lowest BCUT2D eigenvalue weighted by Gasteiger charge is -2.12. The molecule has 1 amide bonds. The van der Waals surface area contributed by atoms with Crippen LogP contribution in [0.1, 0.15) is 53.2 Å². The first-order chi connectivity index (χ1) is 12.6. The van der Waals surface area contributed by atoms with Gasteiger partial charge in [0.1, 0.15) is 11.4 Å². The summed E-state index contributed by atoms with van der Waals surface area (Å²) < 4.78 is 10.5. The van der Waals surface area contributed by atoms with Crippen LogP contribution in [0, 0.1) is 6.92 Å². The number of methoxy groups -OCH3 is 2. The Morgan fingerprint density at radius 3 is 2.85 bits per heavy atom. The Bertz CT molecular complexity index is 829. The molecule has 0 saturated heterocycles. The molecule has 3 rings (SSSR count). The minimum absolute atomic E-state index is 0.0581. The third-order valence-electron chi connectivity index (χ3n) is 4.59. The van der Waals surface area contributed by atoms with Crippen LogP contribution in [-0.2, 0) is 11.3 Å². The summed E-state index contributed by atoms with van der Waals surface area (Å²) in [6, 6.07) is 0. The van der Waals surface area contributed by atoms with Crippen LogP contribution >= 0.6 is 11.3 Å². The number of nitrogens with one attached hydrogen (secondary N) is 1. The van der Waals surface area contributed by atoms with Crippen molar-refractivity contribution >= 4 is 27.5 Å². The normalized spacial score (nSPS) is 14.3. The fourth-order valence-corrected chi connectivity index (χ4v) is 4.36. The van der Waals surface area contributed by atoms with Crippen molar-refractivity contribution in [3.63, 3.8) is 0 Å². The van der Waals surface area contributed by atoms with Gasteiger partial charge in [-0.05, 0) is 44.6 Å². The fourth-order valence-electron chi connectivity index (χ4n) is 3.25. The minimum Gasteiger partial charge on any atom is -0.480 e. The summed E-state index contributed by atoms with van der Waals surface area (Å²) in [4.78, 5) is 23.0. The highest BCUT2D eigenvalue weighted by molar-refractivity contribution is 7.20. The number of hydrogen-bond acceptors (Lipinski definition) is 6. The largest absolute Gasteiger partial charge is 0.480 e. The SMILES string of the molecule is COCc1nc(OC)c2c(C)c(C(=O)NCCC3=CCCCC3)sc2n1. The Balaban J connectivity index is 1.77. The van der Waals surface area contributed by atoms with E-state index in [0.717, 1.165) is 28.6 Å². The maximum absolute atomic E-state index is 12.7. The molecule has 6 nitrogen and oxygen atoms in total. The van der Waals surface area contributed by atoms with E-state index >= 15 is 0 Å². The molecule has 2 aromatic heterocycles. The molecule has 1 N–H and O–H groups in total. The van der Waals surface area contributed by atoms with Gasteiger partial charge in [-0.15, -0.1) is 11.3 Å². The van der Waals surface area contributed by atoms with E-state index < -0.39 is 0 Å². The van der Waals surface area contributed by atoms with Crippen LogP contribution in [-0.4, -0.2) is 36.6 Å². The number of aryl methyl sites for hydroxylation is 1. The van der Waals surface area contributed by atoms with E-state index in [4.69, 9.17) is 9.47 Å². The summed E-state index contributed by atoms with van der Waals surface area (Å²) in [6.07, 6.45) is 8.12. The summed E-state index contributed by atoms with van der Waals surface area (Å²) in [5.74, 6) is 0.980. The van der Waals surface area contributed by atoms with Crippen molar-refractivity contribution in [2.75, 3.05) is 20.8 Å². The smallest absolute Gasteiger partial charge is 0.261 e. The van der Waals surface area contributed by atoms with Gasteiger partial charge in [-0.2, -0.15) is 4.98 Å². The first-order valence-electron chi connectivity index (χ1n) is 8.93. The fraction of sp³-hybridized carbons (Fsp3) is 0.526. The number of thiophene rings is 1. The van der Waals surface area contributed by atoms with Gasteiger partial charge >= 0.3 is 0 Å². The molecular formula is C19H25N3O3S. The van der Waals surface area contributed by atoms with Crippen LogP contribution in [0.2, 0.25) is 0 Å². The van der Waals surface area contributed by atoms with Crippen molar-refractivity contribution < 1.29 is 14.3 Å². The van der Waals surface area contributed by atoms with Gasteiger partial charge in [0, 0.05) is 13.7 Å². The van der Waals surface area contributed by atoms with E-state index in [-0.39, 0.29) is 5.91 Å². The van der Waals surface area contributed by atoms with E-state index in [1.165, 1.54) is 36.2 Å². The Morgan fingerprint density at radius 2 is 2.15 bits per heavy atom. The highest BCUT2D eigenvalue weighted by atomic mass is 32.1. The first-order valence-corrected chi connectivity index (χ1v) is 9.74. The maximum atomic E-state index is 12.7. The number of aromatic nitrogens is 2. The van der Waals surface area contributed by atoms with Crippen LogP contribution in [0.3, 0.4) is 0 Å². The molecule has 0 aromatic carbocycles. The summed E-state index contributed by atoms with van der Waals surface area (Å²) in [5, 5.41) is 3.85. The van der Waals surface area contributed by atoms with Crippen molar-refractivity contribution in [3.05, 3.63) is 27.9 Å². The monoisotopic (exact) mass is 375 g/mol. The number of allylic oxidation sites excluding steroid dienone is 1. The summed E-state index contributed by atoms with van der Waals surface area (Å²) in [5.41, 5.74) is 2.32. The highest BCUT2D eigenvalue weighted by Gasteiger charge is 2.21. The van der Waals surface area contributed by atoms with Gasteiger partial charge in [-0.3, -0.25) is 4.79 Å². The average molecular weight is 375 g/mol. The lowest BCUT2D eigenvalue weighted by Crippen LogP contribution is -2.24. The lowest BCUT2D eigenvalue weighted by atomic mass is 9.97. The average Bonchev–Trinajstić information content (AvgIpc) is 2.99. The van der Waals surface area contributed by atoms with Crippen LogP contribution < -0.4 is 10.1 Å². The van der Waals surface area contributed by atoms with Crippen LogP contribution in [0.25, 0.3) is 10.2 Å². The summed E-state index contributed by atoms with van der Waals surface area (Å²) in [6.45, 7) is 2.88. The standard InChI is InChI=1S/C19H25N3O3S/c1-12-15-18(25-3)21-14(11-24-2)22-19(15)26-16(12)17(23)20-10-9-13-7-5-4-6-8-13/h7H,4-6,8-11H2,1-3H3,(H,20,23). The molecule has 0 aliphatic heterocycles. The third-order valence-corrected chi connectivity index (χ3v) is 5.78. The minimum atomic E-state index is -0.0581. The van der Waals surface area contributed by atoms with E-state index in [1.54, 1.807) is 14.2 Å². The number of fused-ring (bicyclic) bond motifs is 1. The zero-order valence-corrected chi connectivity index (χ0v) is 16.4. The molecule has 2 aromatic rings. The second-order valence-electron chi connectivity index (χ2n) is 6.43. The number of amides is 1. The van der Waals surface area contributed by atoms with Gasteiger partial charge in [0.15, 0.2) is 5.82 Å². The predicted octanol–water partition coefficient (Wildman–Crippen LogP) is 3.78.